The fraction of sp³-hybridized carbons (Fsp3) is 0.360. The second-order valence-corrected chi connectivity index (χ2v) is 10.6. The molecule has 0 atom stereocenters. The zero-order chi connectivity index (χ0) is 23.9. The minimum absolute atomic E-state index is 0.337. The quantitative estimate of drug-likeness (QED) is 0.570. The Bertz CT molecular complexity index is 1290. The van der Waals surface area contributed by atoms with Gasteiger partial charge in [-0.25, -0.2) is 22.8 Å². The van der Waals surface area contributed by atoms with Gasteiger partial charge >= 0.3 is 0 Å². The van der Waals surface area contributed by atoms with E-state index in [4.69, 9.17) is 4.98 Å². The first-order valence-corrected chi connectivity index (χ1v) is 12.5. The van der Waals surface area contributed by atoms with Crippen LogP contribution in [0, 0.1) is 40.4 Å². The van der Waals surface area contributed by atoms with Gasteiger partial charge in [0.25, 0.3) is 0 Å². The van der Waals surface area contributed by atoms with E-state index in [1.165, 1.54) is 12.1 Å². The molecule has 0 N–H and O–H groups in total. The van der Waals surface area contributed by atoms with E-state index in [0.29, 0.717) is 42.5 Å². The van der Waals surface area contributed by atoms with Crippen LogP contribution in [0.5, 0.6) is 0 Å². The average molecular weight is 469 g/mol. The molecule has 0 radical (unpaired) electrons. The van der Waals surface area contributed by atoms with Crippen LogP contribution in [0.2, 0.25) is 0 Å². The predicted molar refractivity (Wildman–Crippen MR) is 129 cm³/mol. The highest BCUT2D eigenvalue weighted by molar-refractivity contribution is 7.89. The van der Waals surface area contributed by atoms with Gasteiger partial charge in [-0.3, -0.25) is 0 Å². The van der Waals surface area contributed by atoms with Crippen molar-refractivity contribution in [2.75, 3.05) is 31.1 Å². The van der Waals surface area contributed by atoms with Crippen LogP contribution in [0.3, 0.4) is 0 Å². The van der Waals surface area contributed by atoms with Gasteiger partial charge in [-0.1, -0.05) is 29.8 Å². The molecule has 2 heterocycles. The molecule has 3 aromatic rings. The largest absolute Gasteiger partial charge is 0.354 e. The van der Waals surface area contributed by atoms with Crippen LogP contribution in [-0.4, -0.2) is 48.9 Å². The third-order valence-corrected chi connectivity index (χ3v) is 8.39. The monoisotopic (exact) mass is 468 g/mol. The molecule has 0 saturated carbocycles. The fourth-order valence-electron chi connectivity index (χ4n) is 4.52. The molecule has 33 heavy (non-hydrogen) atoms. The van der Waals surface area contributed by atoms with Crippen LogP contribution < -0.4 is 4.90 Å². The third kappa shape index (κ3) is 4.50. The Kier molecular flexibility index (Phi) is 6.24. The van der Waals surface area contributed by atoms with Crippen molar-refractivity contribution in [3.63, 3.8) is 0 Å². The summed E-state index contributed by atoms with van der Waals surface area (Å²) >= 11 is 0. The van der Waals surface area contributed by atoms with E-state index in [9.17, 15) is 12.8 Å². The first kappa shape index (κ1) is 23.3. The van der Waals surface area contributed by atoms with E-state index in [1.54, 1.807) is 16.4 Å². The van der Waals surface area contributed by atoms with E-state index < -0.39 is 10.0 Å². The highest BCUT2D eigenvalue weighted by Gasteiger charge is 2.32. The number of rotatable bonds is 4. The maximum atomic E-state index is 13.7. The summed E-state index contributed by atoms with van der Waals surface area (Å²) in [5.41, 5.74) is 4.98. The Balaban J connectivity index is 1.60. The van der Waals surface area contributed by atoms with Crippen LogP contribution >= 0.6 is 0 Å². The van der Waals surface area contributed by atoms with Gasteiger partial charge in [0.05, 0.1) is 4.90 Å². The molecule has 0 aliphatic carbocycles. The minimum Gasteiger partial charge on any atom is -0.354 e. The fourth-order valence-corrected chi connectivity index (χ4v) is 6.36. The van der Waals surface area contributed by atoms with Crippen molar-refractivity contribution in [2.24, 2.45) is 0 Å². The molecule has 1 aromatic heterocycles. The molecule has 2 aromatic carbocycles. The number of piperazine rings is 1. The summed E-state index contributed by atoms with van der Waals surface area (Å²) in [6.45, 7) is 11.3. The molecule has 1 aliphatic heterocycles. The highest BCUT2D eigenvalue weighted by atomic mass is 32.2. The molecule has 0 spiro atoms. The van der Waals surface area contributed by atoms with Crippen molar-refractivity contribution >= 4 is 15.8 Å². The third-order valence-electron chi connectivity index (χ3n) is 6.19. The number of hydrogen-bond acceptors (Lipinski definition) is 5. The van der Waals surface area contributed by atoms with Gasteiger partial charge in [0.15, 0.2) is 5.82 Å². The number of aryl methyl sites for hydroxylation is 4. The lowest BCUT2D eigenvalue weighted by Crippen LogP contribution is -2.49. The first-order valence-electron chi connectivity index (χ1n) is 11.0. The molecule has 1 saturated heterocycles. The normalized spacial score (nSPS) is 15.2. The number of hydrogen-bond donors (Lipinski definition) is 0. The summed E-state index contributed by atoms with van der Waals surface area (Å²) in [6.07, 6.45) is 0. The summed E-state index contributed by atoms with van der Waals surface area (Å²) < 4.78 is 42.1. The lowest BCUT2D eigenvalue weighted by atomic mass is 10.1. The first-order chi connectivity index (χ1) is 15.6. The van der Waals surface area contributed by atoms with Crippen LogP contribution in [-0.2, 0) is 10.0 Å². The van der Waals surface area contributed by atoms with Crippen molar-refractivity contribution in [1.29, 1.82) is 0 Å². The molecule has 0 unspecified atom stereocenters. The van der Waals surface area contributed by atoms with Gasteiger partial charge in [-0.05, 0) is 57.9 Å². The van der Waals surface area contributed by atoms with Crippen LogP contribution in [0.15, 0.2) is 41.3 Å². The topological polar surface area (TPSA) is 66.4 Å². The Morgan fingerprint density at radius 2 is 1.52 bits per heavy atom. The predicted octanol–water partition coefficient (Wildman–Crippen LogP) is 4.34. The number of aromatic nitrogens is 2. The molecule has 1 fully saturated rings. The summed E-state index contributed by atoms with van der Waals surface area (Å²) in [4.78, 5) is 11.8. The lowest BCUT2D eigenvalue weighted by Gasteiger charge is -2.36. The van der Waals surface area contributed by atoms with Gasteiger partial charge < -0.3 is 4.90 Å². The lowest BCUT2D eigenvalue weighted by molar-refractivity contribution is 0.383. The van der Waals surface area contributed by atoms with E-state index in [1.807, 2.05) is 46.8 Å². The molecule has 0 amide bonds. The van der Waals surface area contributed by atoms with E-state index >= 15 is 0 Å². The van der Waals surface area contributed by atoms with Crippen LogP contribution in [0.4, 0.5) is 10.2 Å². The molecule has 8 heteroatoms. The molecule has 0 bridgehead atoms. The van der Waals surface area contributed by atoms with Gasteiger partial charge in [-0.15, -0.1) is 0 Å². The van der Waals surface area contributed by atoms with Gasteiger partial charge in [0, 0.05) is 43.0 Å². The molecule has 6 nitrogen and oxygen atoms in total. The minimum atomic E-state index is -3.59. The van der Waals surface area contributed by atoms with E-state index in [0.717, 1.165) is 33.8 Å². The summed E-state index contributed by atoms with van der Waals surface area (Å²) in [5, 5.41) is 0. The number of anilines is 1. The summed E-state index contributed by atoms with van der Waals surface area (Å²) in [6, 6.07) is 10.1. The van der Waals surface area contributed by atoms with Crippen molar-refractivity contribution in [3.05, 3.63) is 70.2 Å². The number of sulfonamides is 1. The Hall–Kier alpha value is -2.84. The van der Waals surface area contributed by atoms with Crippen molar-refractivity contribution in [3.8, 4) is 11.4 Å². The zero-order valence-electron chi connectivity index (χ0n) is 19.7. The molecule has 174 valence electrons. The summed E-state index contributed by atoms with van der Waals surface area (Å²) in [7, 11) is -3.59. The Morgan fingerprint density at radius 3 is 2.12 bits per heavy atom. The smallest absolute Gasteiger partial charge is 0.243 e. The number of benzene rings is 2. The van der Waals surface area contributed by atoms with Crippen LogP contribution in [0.25, 0.3) is 11.4 Å². The van der Waals surface area contributed by atoms with Gasteiger partial charge in [0.1, 0.15) is 11.6 Å². The molecular weight excluding hydrogens is 439 g/mol. The SMILES string of the molecule is Cc1cc(C)c(S(=O)(=O)N2CCN(c3nc(-c4cccc(F)c4)nc(C)c3C)CC2)c(C)c1. The standard InChI is InChI=1S/C25H29FN4O2S/c1-16-13-17(2)23(18(3)14-16)33(31,32)30-11-9-29(10-12-30)25-19(4)20(5)27-24(28-25)21-7-6-8-22(26)15-21/h6-8,13-15H,9-12H2,1-5H3. The molecule has 4 rings (SSSR count). The Morgan fingerprint density at radius 1 is 0.879 bits per heavy atom. The van der Waals surface area contributed by atoms with Crippen molar-refractivity contribution < 1.29 is 12.8 Å². The maximum absolute atomic E-state index is 13.7. The van der Waals surface area contributed by atoms with Gasteiger partial charge in [0.2, 0.25) is 10.0 Å². The van der Waals surface area contributed by atoms with Gasteiger partial charge in [-0.2, -0.15) is 4.31 Å². The van der Waals surface area contributed by atoms with E-state index in [2.05, 4.69) is 9.88 Å². The second-order valence-electron chi connectivity index (χ2n) is 8.71. The highest BCUT2D eigenvalue weighted by Crippen LogP contribution is 2.29. The number of nitrogens with zero attached hydrogens (tertiary/aromatic N) is 4. The number of halogens is 1. The van der Waals surface area contributed by atoms with Crippen molar-refractivity contribution in [2.45, 2.75) is 39.5 Å². The Labute approximate surface area is 195 Å². The van der Waals surface area contributed by atoms with Crippen molar-refractivity contribution in [1.82, 2.24) is 14.3 Å². The van der Waals surface area contributed by atoms with E-state index in [-0.39, 0.29) is 5.82 Å². The molecular formula is C25H29FN4O2S. The van der Waals surface area contributed by atoms with Crippen LogP contribution in [0.1, 0.15) is 27.9 Å². The average Bonchev–Trinajstić information content (AvgIpc) is 2.74. The maximum Gasteiger partial charge on any atom is 0.243 e. The second kappa shape index (κ2) is 8.83. The summed E-state index contributed by atoms with van der Waals surface area (Å²) in [5.74, 6) is 0.895. The zero-order valence-corrected chi connectivity index (χ0v) is 20.5. The molecule has 1 aliphatic rings.